The van der Waals surface area contributed by atoms with E-state index >= 15 is 0 Å². The molecule has 0 aliphatic carbocycles. The molecule has 0 saturated carbocycles. The largest absolute Gasteiger partial charge is 0.496 e. The number of rotatable bonds is 4. The normalized spacial score (nSPS) is 14.8. The van der Waals surface area contributed by atoms with Crippen molar-refractivity contribution in [2.24, 2.45) is 4.99 Å². The number of nitrogens with zero attached hydrogens (tertiary/aromatic N) is 2. The zero-order valence-electron chi connectivity index (χ0n) is 13.2. The highest BCUT2D eigenvalue weighted by Crippen LogP contribution is 2.19. The lowest BCUT2D eigenvalue weighted by molar-refractivity contribution is 0.411. The molecule has 1 aromatic carbocycles. The van der Waals surface area contributed by atoms with Crippen LogP contribution >= 0.6 is 24.0 Å². The molecule has 1 N–H and O–H groups in total. The van der Waals surface area contributed by atoms with Gasteiger partial charge in [0.2, 0.25) is 0 Å². The van der Waals surface area contributed by atoms with Crippen LogP contribution in [0.25, 0.3) is 0 Å². The van der Waals surface area contributed by atoms with E-state index in [9.17, 15) is 0 Å². The number of ether oxygens (including phenoxy) is 1. The van der Waals surface area contributed by atoms with E-state index in [-0.39, 0.29) is 24.0 Å². The average molecular weight is 403 g/mol. The molecule has 0 aromatic heterocycles. The van der Waals surface area contributed by atoms with E-state index in [0.29, 0.717) is 6.54 Å². The molecule has 4 nitrogen and oxygen atoms in total. The maximum Gasteiger partial charge on any atom is 0.194 e. The summed E-state index contributed by atoms with van der Waals surface area (Å²) in [5.74, 6) is 1.97. The summed E-state index contributed by atoms with van der Waals surface area (Å²) >= 11 is 0. The fourth-order valence-corrected chi connectivity index (χ4v) is 2.48. The first kappa shape index (κ1) is 18.1. The van der Waals surface area contributed by atoms with Crippen molar-refractivity contribution in [3.05, 3.63) is 29.3 Å². The zero-order chi connectivity index (χ0) is 14.4. The Bertz CT molecular complexity index is 471. The molecule has 0 amide bonds. The summed E-state index contributed by atoms with van der Waals surface area (Å²) in [7, 11) is 1.71. The maximum atomic E-state index is 5.37. The number of aliphatic imine (C=N–C) groups is 1. The van der Waals surface area contributed by atoms with Crippen LogP contribution in [0.4, 0.5) is 0 Å². The molecule has 1 heterocycles. The van der Waals surface area contributed by atoms with Crippen molar-refractivity contribution in [2.45, 2.75) is 33.2 Å². The number of halogens is 1. The molecule has 1 fully saturated rings. The van der Waals surface area contributed by atoms with E-state index in [1.165, 1.54) is 18.4 Å². The van der Waals surface area contributed by atoms with E-state index < -0.39 is 0 Å². The summed E-state index contributed by atoms with van der Waals surface area (Å²) in [6, 6.07) is 6.29. The number of nitrogens with one attached hydrogen (secondary N) is 1. The molecule has 1 saturated heterocycles. The average Bonchev–Trinajstić information content (AvgIpc) is 2.99. The SMILES string of the molecule is CCNC(=NCc1ccc(C)c(OC)c1)N1CCCC1.I. The lowest BCUT2D eigenvalue weighted by Crippen LogP contribution is -2.39. The van der Waals surface area contributed by atoms with Crippen LogP contribution in [0.5, 0.6) is 5.75 Å². The molecule has 1 aliphatic rings. The number of guanidine groups is 1. The Hall–Kier alpha value is -0.980. The van der Waals surface area contributed by atoms with Gasteiger partial charge in [0.25, 0.3) is 0 Å². The number of hydrogen-bond acceptors (Lipinski definition) is 2. The van der Waals surface area contributed by atoms with Gasteiger partial charge in [0.1, 0.15) is 5.75 Å². The molecule has 118 valence electrons. The quantitative estimate of drug-likeness (QED) is 0.477. The van der Waals surface area contributed by atoms with Crippen LogP contribution in [-0.2, 0) is 6.54 Å². The highest BCUT2D eigenvalue weighted by atomic mass is 127. The minimum Gasteiger partial charge on any atom is -0.496 e. The van der Waals surface area contributed by atoms with Crippen LogP contribution in [0.15, 0.2) is 23.2 Å². The molecule has 0 radical (unpaired) electrons. The van der Waals surface area contributed by atoms with Gasteiger partial charge < -0.3 is 15.0 Å². The number of benzene rings is 1. The third-order valence-electron chi connectivity index (χ3n) is 3.62. The molecule has 0 atom stereocenters. The van der Waals surface area contributed by atoms with Crippen molar-refractivity contribution < 1.29 is 4.74 Å². The van der Waals surface area contributed by atoms with Gasteiger partial charge in [0, 0.05) is 19.6 Å². The topological polar surface area (TPSA) is 36.9 Å². The first-order valence-corrected chi connectivity index (χ1v) is 7.41. The smallest absolute Gasteiger partial charge is 0.194 e. The van der Waals surface area contributed by atoms with Crippen LogP contribution in [0, 0.1) is 6.92 Å². The van der Waals surface area contributed by atoms with Crippen LogP contribution in [-0.4, -0.2) is 37.6 Å². The second kappa shape index (κ2) is 9.12. The molecule has 1 aliphatic heterocycles. The highest BCUT2D eigenvalue weighted by Gasteiger charge is 2.15. The second-order valence-corrected chi connectivity index (χ2v) is 5.17. The standard InChI is InChI=1S/C16H25N3O.HI/c1-4-17-16(19-9-5-6-10-19)18-12-14-8-7-13(2)15(11-14)20-3;/h7-8,11H,4-6,9-10,12H2,1-3H3,(H,17,18);1H. The van der Waals surface area contributed by atoms with Crippen molar-refractivity contribution in [1.82, 2.24) is 10.2 Å². The molecule has 5 heteroatoms. The Morgan fingerprint density at radius 1 is 1.33 bits per heavy atom. The lowest BCUT2D eigenvalue weighted by Gasteiger charge is -2.20. The highest BCUT2D eigenvalue weighted by molar-refractivity contribution is 14.0. The van der Waals surface area contributed by atoms with Crippen molar-refractivity contribution in [1.29, 1.82) is 0 Å². The van der Waals surface area contributed by atoms with Crippen molar-refractivity contribution >= 4 is 29.9 Å². The summed E-state index contributed by atoms with van der Waals surface area (Å²) in [4.78, 5) is 7.09. The van der Waals surface area contributed by atoms with E-state index in [4.69, 9.17) is 9.73 Å². The number of methoxy groups -OCH3 is 1. The summed E-state index contributed by atoms with van der Waals surface area (Å²) in [5.41, 5.74) is 2.34. The van der Waals surface area contributed by atoms with Crippen molar-refractivity contribution in [3.8, 4) is 5.75 Å². The van der Waals surface area contributed by atoms with Crippen LogP contribution in [0.3, 0.4) is 0 Å². The summed E-state index contributed by atoms with van der Waals surface area (Å²) in [6.45, 7) is 7.99. The van der Waals surface area contributed by atoms with E-state index in [1.54, 1.807) is 7.11 Å². The Labute approximate surface area is 145 Å². The predicted octanol–water partition coefficient (Wildman–Crippen LogP) is 3.18. The molecule has 0 unspecified atom stereocenters. The molecule has 2 rings (SSSR count). The molecule has 0 bridgehead atoms. The minimum atomic E-state index is 0. The van der Waals surface area contributed by atoms with E-state index in [1.807, 2.05) is 0 Å². The molecular weight excluding hydrogens is 377 g/mol. The Kier molecular flexibility index (Phi) is 7.85. The van der Waals surface area contributed by atoms with E-state index in [2.05, 4.69) is 42.3 Å². The molecular formula is C16H26IN3O. The Balaban J connectivity index is 0.00000220. The monoisotopic (exact) mass is 403 g/mol. The van der Waals surface area contributed by atoms with Gasteiger partial charge in [0.05, 0.1) is 13.7 Å². The van der Waals surface area contributed by atoms with Gasteiger partial charge in [-0.25, -0.2) is 4.99 Å². The summed E-state index contributed by atoms with van der Waals surface area (Å²) in [5, 5.41) is 3.38. The first-order valence-electron chi connectivity index (χ1n) is 7.41. The van der Waals surface area contributed by atoms with Crippen molar-refractivity contribution in [3.63, 3.8) is 0 Å². The van der Waals surface area contributed by atoms with Gasteiger partial charge in [-0.3, -0.25) is 0 Å². The third kappa shape index (κ3) is 5.05. The van der Waals surface area contributed by atoms with E-state index in [0.717, 1.165) is 36.9 Å². The van der Waals surface area contributed by atoms with Gasteiger partial charge in [0.15, 0.2) is 5.96 Å². The Morgan fingerprint density at radius 3 is 2.67 bits per heavy atom. The van der Waals surface area contributed by atoms with Crippen LogP contribution in [0.1, 0.15) is 30.9 Å². The van der Waals surface area contributed by atoms with Gasteiger partial charge >= 0.3 is 0 Å². The van der Waals surface area contributed by atoms with Gasteiger partial charge in [-0.2, -0.15) is 0 Å². The molecule has 0 spiro atoms. The maximum absolute atomic E-state index is 5.37. The fraction of sp³-hybridized carbons (Fsp3) is 0.562. The molecule has 21 heavy (non-hydrogen) atoms. The summed E-state index contributed by atoms with van der Waals surface area (Å²) in [6.07, 6.45) is 2.53. The second-order valence-electron chi connectivity index (χ2n) is 5.17. The van der Waals surface area contributed by atoms with Crippen molar-refractivity contribution in [2.75, 3.05) is 26.7 Å². The number of likely N-dealkylation sites (tertiary alicyclic amines) is 1. The minimum absolute atomic E-state index is 0. The fourth-order valence-electron chi connectivity index (χ4n) is 2.48. The van der Waals surface area contributed by atoms with Gasteiger partial charge in [-0.1, -0.05) is 12.1 Å². The predicted molar refractivity (Wildman–Crippen MR) is 98.8 cm³/mol. The van der Waals surface area contributed by atoms with Gasteiger partial charge in [-0.15, -0.1) is 24.0 Å². The van der Waals surface area contributed by atoms with Gasteiger partial charge in [-0.05, 0) is 43.9 Å². The summed E-state index contributed by atoms with van der Waals surface area (Å²) < 4.78 is 5.37. The lowest BCUT2D eigenvalue weighted by atomic mass is 10.1. The first-order chi connectivity index (χ1) is 9.74. The molecule has 1 aromatic rings. The van der Waals surface area contributed by atoms with Crippen LogP contribution < -0.4 is 10.1 Å². The number of aryl methyl sites for hydroxylation is 1. The zero-order valence-corrected chi connectivity index (χ0v) is 15.5. The number of hydrogen-bond donors (Lipinski definition) is 1. The Morgan fingerprint density at radius 2 is 2.05 bits per heavy atom. The third-order valence-corrected chi connectivity index (χ3v) is 3.62. The van der Waals surface area contributed by atoms with Crippen LogP contribution in [0.2, 0.25) is 0 Å².